The standard InChI is InChI=1S/C20H19N5O2/c1-2-8-20(7-1,17-12-21-9-10-22-17)19-24-18(27-25-19)6-4-14-3-5-16-15(11-14)23-13-26-16/h3,5,9-13H,1-2,4,6-8H2. The molecule has 27 heavy (non-hydrogen) atoms. The van der Waals surface area contributed by atoms with E-state index in [2.05, 4.69) is 20.1 Å². The summed E-state index contributed by atoms with van der Waals surface area (Å²) >= 11 is 0. The van der Waals surface area contributed by atoms with Crippen LogP contribution in [0.5, 0.6) is 0 Å². The first-order valence-electron chi connectivity index (χ1n) is 9.25. The Morgan fingerprint density at radius 3 is 2.81 bits per heavy atom. The van der Waals surface area contributed by atoms with E-state index in [0.717, 1.165) is 54.7 Å². The summed E-state index contributed by atoms with van der Waals surface area (Å²) in [6.45, 7) is 0. The minimum absolute atomic E-state index is 0.268. The Hall–Kier alpha value is -3.09. The number of aryl methyl sites for hydroxylation is 2. The monoisotopic (exact) mass is 361 g/mol. The van der Waals surface area contributed by atoms with Crippen LogP contribution in [0.1, 0.15) is 48.7 Å². The van der Waals surface area contributed by atoms with Crippen LogP contribution in [-0.2, 0) is 18.3 Å². The normalized spacial score (nSPS) is 16.1. The van der Waals surface area contributed by atoms with Gasteiger partial charge in [0.05, 0.1) is 11.1 Å². The van der Waals surface area contributed by atoms with E-state index in [-0.39, 0.29) is 5.41 Å². The van der Waals surface area contributed by atoms with Crippen molar-refractivity contribution < 1.29 is 8.94 Å². The molecule has 3 aromatic heterocycles. The van der Waals surface area contributed by atoms with Crippen molar-refractivity contribution in [3.8, 4) is 0 Å². The van der Waals surface area contributed by atoms with Gasteiger partial charge in [-0.3, -0.25) is 9.97 Å². The fourth-order valence-corrected chi connectivity index (χ4v) is 3.98. The van der Waals surface area contributed by atoms with Gasteiger partial charge in [0.2, 0.25) is 5.89 Å². The lowest BCUT2D eigenvalue weighted by Gasteiger charge is -2.23. The van der Waals surface area contributed by atoms with Crippen LogP contribution in [0.25, 0.3) is 11.1 Å². The average molecular weight is 361 g/mol. The summed E-state index contributed by atoms with van der Waals surface area (Å²) in [5.41, 5.74) is 3.50. The Balaban J connectivity index is 1.37. The lowest BCUT2D eigenvalue weighted by atomic mass is 9.82. The molecule has 0 unspecified atom stereocenters. The van der Waals surface area contributed by atoms with Crippen molar-refractivity contribution in [3.63, 3.8) is 0 Å². The fraction of sp³-hybridized carbons (Fsp3) is 0.350. The van der Waals surface area contributed by atoms with Crippen LogP contribution in [-0.4, -0.2) is 25.1 Å². The van der Waals surface area contributed by atoms with Gasteiger partial charge in [-0.1, -0.05) is 24.1 Å². The molecule has 0 atom stereocenters. The lowest BCUT2D eigenvalue weighted by molar-refractivity contribution is 0.358. The molecular formula is C20H19N5O2. The number of aromatic nitrogens is 5. The third-order valence-corrected chi connectivity index (χ3v) is 5.43. The van der Waals surface area contributed by atoms with Crippen molar-refractivity contribution in [3.05, 3.63) is 66.2 Å². The molecule has 1 aliphatic carbocycles. The molecule has 0 bridgehead atoms. The minimum atomic E-state index is -0.268. The van der Waals surface area contributed by atoms with Gasteiger partial charge >= 0.3 is 0 Å². The van der Waals surface area contributed by atoms with Gasteiger partial charge in [0.25, 0.3) is 0 Å². The summed E-state index contributed by atoms with van der Waals surface area (Å²) in [5.74, 6) is 1.39. The van der Waals surface area contributed by atoms with Crippen molar-refractivity contribution in [2.24, 2.45) is 0 Å². The predicted octanol–water partition coefficient (Wildman–Crippen LogP) is 3.65. The molecule has 1 saturated carbocycles. The number of hydrogen-bond acceptors (Lipinski definition) is 7. The predicted molar refractivity (Wildman–Crippen MR) is 97.0 cm³/mol. The van der Waals surface area contributed by atoms with E-state index in [0.29, 0.717) is 12.3 Å². The molecule has 0 saturated heterocycles. The molecule has 0 spiro atoms. The summed E-state index contributed by atoms with van der Waals surface area (Å²) in [4.78, 5) is 17.7. The number of fused-ring (bicyclic) bond motifs is 1. The second-order valence-electron chi connectivity index (χ2n) is 7.05. The van der Waals surface area contributed by atoms with Crippen molar-refractivity contribution in [1.29, 1.82) is 0 Å². The molecule has 0 aliphatic heterocycles. The summed E-state index contributed by atoms with van der Waals surface area (Å²) in [7, 11) is 0. The highest BCUT2D eigenvalue weighted by atomic mass is 16.5. The fourth-order valence-electron chi connectivity index (χ4n) is 3.98. The van der Waals surface area contributed by atoms with E-state index >= 15 is 0 Å². The number of nitrogens with zero attached hydrogens (tertiary/aromatic N) is 5. The third-order valence-electron chi connectivity index (χ3n) is 5.43. The summed E-state index contributed by atoms with van der Waals surface area (Å²) < 4.78 is 10.9. The van der Waals surface area contributed by atoms with E-state index < -0.39 is 0 Å². The molecule has 5 rings (SSSR count). The Bertz CT molecular complexity index is 1050. The van der Waals surface area contributed by atoms with Gasteiger partial charge in [-0.15, -0.1) is 0 Å². The van der Waals surface area contributed by atoms with Crippen LogP contribution in [0.2, 0.25) is 0 Å². The lowest BCUT2D eigenvalue weighted by Crippen LogP contribution is -2.27. The molecule has 3 heterocycles. The Labute approximate surface area is 155 Å². The van der Waals surface area contributed by atoms with Crippen molar-refractivity contribution in [1.82, 2.24) is 25.1 Å². The first-order chi connectivity index (χ1) is 13.3. The first-order valence-corrected chi connectivity index (χ1v) is 9.25. The van der Waals surface area contributed by atoms with Crippen LogP contribution in [0.3, 0.4) is 0 Å². The zero-order valence-corrected chi connectivity index (χ0v) is 14.8. The Morgan fingerprint density at radius 2 is 1.96 bits per heavy atom. The molecule has 0 radical (unpaired) electrons. The molecule has 136 valence electrons. The van der Waals surface area contributed by atoms with Gasteiger partial charge in [-0.25, -0.2) is 4.98 Å². The van der Waals surface area contributed by atoms with E-state index in [4.69, 9.17) is 13.9 Å². The Morgan fingerprint density at radius 1 is 1.04 bits per heavy atom. The highest BCUT2D eigenvalue weighted by Gasteiger charge is 2.43. The minimum Gasteiger partial charge on any atom is -0.443 e. The molecule has 0 amide bonds. The van der Waals surface area contributed by atoms with Crippen molar-refractivity contribution >= 4 is 11.1 Å². The molecule has 1 aromatic carbocycles. The Kier molecular flexibility index (Phi) is 3.92. The van der Waals surface area contributed by atoms with E-state index in [1.165, 1.54) is 12.0 Å². The molecule has 1 fully saturated rings. The topological polar surface area (TPSA) is 90.7 Å². The highest BCUT2D eigenvalue weighted by molar-refractivity contribution is 5.72. The smallest absolute Gasteiger partial charge is 0.227 e. The van der Waals surface area contributed by atoms with Crippen LogP contribution in [0.4, 0.5) is 0 Å². The number of rotatable bonds is 5. The van der Waals surface area contributed by atoms with E-state index in [1.807, 2.05) is 24.4 Å². The second-order valence-corrected chi connectivity index (χ2v) is 7.05. The number of oxazole rings is 1. The molecule has 1 aliphatic rings. The van der Waals surface area contributed by atoms with E-state index in [9.17, 15) is 0 Å². The van der Waals surface area contributed by atoms with Crippen LogP contribution in [0, 0.1) is 0 Å². The maximum atomic E-state index is 5.57. The van der Waals surface area contributed by atoms with Gasteiger partial charge in [0.15, 0.2) is 17.8 Å². The zero-order valence-electron chi connectivity index (χ0n) is 14.8. The summed E-state index contributed by atoms with van der Waals surface area (Å²) in [6.07, 6.45) is 12.4. The van der Waals surface area contributed by atoms with Crippen LogP contribution >= 0.6 is 0 Å². The zero-order chi connectivity index (χ0) is 18.1. The second kappa shape index (κ2) is 6.57. The number of benzene rings is 1. The summed E-state index contributed by atoms with van der Waals surface area (Å²) in [6, 6.07) is 6.02. The maximum absolute atomic E-state index is 5.57. The van der Waals surface area contributed by atoms with Gasteiger partial charge in [-0.05, 0) is 37.0 Å². The van der Waals surface area contributed by atoms with Crippen LogP contribution < -0.4 is 0 Å². The van der Waals surface area contributed by atoms with Crippen LogP contribution in [0.15, 0.2) is 52.1 Å². The van der Waals surface area contributed by atoms with Gasteiger partial charge in [-0.2, -0.15) is 4.98 Å². The van der Waals surface area contributed by atoms with Gasteiger partial charge < -0.3 is 8.94 Å². The molecule has 4 aromatic rings. The molecule has 7 nitrogen and oxygen atoms in total. The van der Waals surface area contributed by atoms with Gasteiger partial charge in [0.1, 0.15) is 5.52 Å². The number of hydrogen-bond donors (Lipinski definition) is 0. The SMILES string of the molecule is c1cnc(C2(c3noc(CCc4ccc5ocnc5c4)n3)CCCC2)cn1. The maximum Gasteiger partial charge on any atom is 0.227 e. The third kappa shape index (κ3) is 2.89. The molecule has 7 heteroatoms. The molecular weight excluding hydrogens is 342 g/mol. The van der Waals surface area contributed by atoms with Crippen molar-refractivity contribution in [2.75, 3.05) is 0 Å². The van der Waals surface area contributed by atoms with Crippen molar-refractivity contribution in [2.45, 2.75) is 43.9 Å². The summed E-state index contributed by atoms with van der Waals surface area (Å²) in [5, 5.41) is 4.32. The molecule has 0 N–H and O–H groups in total. The van der Waals surface area contributed by atoms with E-state index in [1.54, 1.807) is 12.4 Å². The highest BCUT2D eigenvalue weighted by Crippen LogP contribution is 2.44. The first kappa shape index (κ1) is 16.1. The van der Waals surface area contributed by atoms with Gasteiger partial charge in [0, 0.05) is 25.0 Å². The average Bonchev–Trinajstić information content (AvgIpc) is 3.47. The largest absolute Gasteiger partial charge is 0.443 e. The quantitative estimate of drug-likeness (QED) is 0.536.